The van der Waals surface area contributed by atoms with Crippen LogP contribution < -0.4 is 4.74 Å². The molecule has 0 radical (unpaired) electrons. The predicted octanol–water partition coefficient (Wildman–Crippen LogP) is 2.30. The van der Waals surface area contributed by atoms with E-state index in [0.717, 1.165) is 0 Å². The Morgan fingerprint density at radius 2 is 2.04 bits per heavy atom. The van der Waals surface area contributed by atoms with Crippen molar-refractivity contribution in [3.8, 4) is 5.75 Å². The number of ether oxygens (including phenoxy) is 4. The van der Waals surface area contributed by atoms with E-state index in [0.29, 0.717) is 19.4 Å². The van der Waals surface area contributed by atoms with Gasteiger partial charge in [-0.3, -0.25) is 10.1 Å². The molecular formula is C15H17NO7. The van der Waals surface area contributed by atoms with Crippen LogP contribution >= 0.6 is 0 Å². The van der Waals surface area contributed by atoms with E-state index in [-0.39, 0.29) is 35.7 Å². The molecule has 0 aromatic heterocycles. The lowest BCUT2D eigenvalue weighted by Gasteiger charge is -2.15. The van der Waals surface area contributed by atoms with E-state index in [1.165, 1.54) is 24.3 Å². The van der Waals surface area contributed by atoms with Gasteiger partial charge in [-0.15, -0.1) is 0 Å². The molecule has 1 saturated heterocycles. The minimum absolute atomic E-state index is 0.0410. The fourth-order valence-electron chi connectivity index (χ4n) is 3.14. The van der Waals surface area contributed by atoms with Crippen LogP contribution in [0.1, 0.15) is 12.8 Å². The molecule has 4 atom stereocenters. The normalized spacial score (nSPS) is 29.1. The maximum Gasteiger partial charge on any atom is 0.514 e. The summed E-state index contributed by atoms with van der Waals surface area (Å²) in [5.74, 6) is 0.432. The molecule has 0 N–H and O–H groups in total. The van der Waals surface area contributed by atoms with E-state index < -0.39 is 11.1 Å². The standard InChI is InChI=1S/C15H17NO7/c1-20-14-8-21-13-7-11(6-12(13)14)23-15(17)22-10-4-2-9(3-5-10)16(18)19/h2-5,11-14H,6-8H2,1H3/t11-,12+,13-,14-/m1/s1. The Bertz CT molecular complexity index is 588. The van der Waals surface area contributed by atoms with Crippen LogP contribution in [0, 0.1) is 16.0 Å². The summed E-state index contributed by atoms with van der Waals surface area (Å²) < 4.78 is 21.3. The van der Waals surface area contributed by atoms with E-state index in [1.54, 1.807) is 7.11 Å². The monoisotopic (exact) mass is 323 g/mol. The van der Waals surface area contributed by atoms with Gasteiger partial charge in [0, 0.05) is 31.6 Å². The lowest BCUT2D eigenvalue weighted by Crippen LogP contribution is -2.23. The van der Waals surface area contributed by atoms with Gasteiger partial charge in [0.1, 0.15) is 11.9 Å². The third kappa shape index (κ3) is 3.43. The third-order valence-electron chi connectivity index (χ3n) is 4.27. The fraction of sp³-hybridized carbons (Fsp3) is 0.533. The van der Waals surface area contributed by atoms with Crippen molar-refractivity contribution in [3.05, 3.63) is 34.4 Å². The molecule has 0 amide bonds. The van der Waals surface area contributed by atoms with Crippen molar-refractivity contribution in [3.63, 3.8) is 0 Å². The second-order valence-corrected chi connectivity index (χ2v) is 5.62. The Labute approximate surface area is 132 Å². The lowest BCUT2D eigenvalue weighted by atomic mass is 10.0. The minimum Gasteiger partial charge on any atom is -0.431 e. The summed E-state index contributed by atoms with van der Waals surface area (Å²) in [6, 6.07) is 5.24. The molecule has 2 aliphatic rings. The molecule has 2 fully saturated rings. The van der Waals surface area contributed by atoms with Crippen molar-refractivity contribution in [1.82, 2.24) is 0 Å². The summed E-state index contributed by atoms with van der Waals surface area (Å²) in [6.45, 7) is 0.575. The average molecular weight is 323 g/mol. The molecule has 3 rings (SSSR count). The molecule has 1 aliphatic carbocycles. The first-order valence-corrected chi connectivity index (χ1v) is 7.34. The lowest BCUT2D eigenvalue weighted by molar-refractivity contribution is -0.384. The van der Waals surface area contributed by atoms with Crippen LogP contribution in [0.5, 0.6) is 5.75 Å². The zero-order chi connectivity index (χ0) is 16.4. The Balaban J connectivity index is 1.51. The molecule has 1 saturated carbocycles. The molecule has 0 spiro atoms. The van der Waals surface area contributed by atoms with E-state index in [4.69, 9.17) is 18.9 Å². The van der Waals surface area contributed by atoms with Gasteiger partial charge < -0.3 is 18.9 Å². The van der Waals surface area contributed by atoms with Crippen molar-refractivity contribution in [2.24, 2.45) is 5.92 Å². The topological polar surface area (TPSA) is 97.1 Å². The number of carbonyl (C=O) groups is 1. The molecule has 124 valence electrons. The number of carbonyl (C=O) groups excluding carboxylic acids is 1. The average Bonchev–Trinajstić information content (AvgIpc) is 3.07. The summed E-state index contributed by atoms with van der Waals surface area (Å²) in [7, 11) is 1.65. The highest BCUT2D eigenvalue weighted by molar-refractivity contribution is 5.64. The van der Waals surface area contributed by atoms with Crippen LogP contribution in [0.15, 0.2) is 24.3 Å². The van der Waals surface area contributed by atoms with Crippen molar-refractivity contribution >= 4 is 11.8 Å². The summed E-state index contributed by atoms with van der Waals surface area (Å²) in [4.78, 5) is 21.8. The fourth-order valence-corrected chi connectivity index (χ4v) is 3.14. The minimum atomic E-state index is -0.821. The van der Waals surface area contributed by atoms with Gasteiger partial charge in [0.05, 0.1) is 23.7 Å². The largest absolute Gasteiger partial charge is 0.514 e. The molecule has 0 unspecified atom stereocenters. The molecule has 1 aromatic rings. The second-order valence-electron chi connectivity index (χ2n) is 5.62. The molecular weight excluding hydrogens is 306 g/mol. The number of non-ortho nitro benzene ring substituents is 1. The van der Waals surface area contributed by atoms with Crippen molar-refractivity contribution < 1.29 is 28.7 Å². The summed E-state index contributed by atoms with van der Waals surface area (Å²) in [5, 5.41) is 10.6. The molecule has 23 heavy (non-hydrogen) atoms. The van der Waals surface area contributed by atoms with Crippen LogP contribution in [0.3, 0.4) is 0 Å². The number of fused-ring (bicyclic) bond motifs is 1. The Kier molecular flexibility index (Phi) is 4.44. The zero-order valence-electron chi connectivity index (χ0n) is 12.5. The van der Waals surface area contributed by atoms with Crippen molar-refractivity contribution in [2.75, 3.05) is 13.7 Å². The van der Waals surface area contributed by atoms with Crippen LogP contribution in [0.25, 0.3) is 0 Å². The molecule has 8 heteroatoms. The quantitative estimate of drug-likeness (QED) is 0.363. The summed E-state index contributed by atoms with van der Waals surface area (Å²) >= 11 is 0. The second kappa shape index (κ2) is 6.51. The summed E-state index contributed by atoms with van der Waals surface area (Å²) in [5.41, 5.74) is -0.0721. The molecule has 1 aromatic carbocycles. The number of nitrogens with zero attached hydrogens (tertiary/aromatic N) is 1. The van der Waals surface area contributed by atoms with Crippen LogP contribution in [-0.2, 0) is 14.2 Å². The maximum atomic E-state index is 11.8. The van der Waals surface area contributed by atoms with E-state index >= 15 is 0 Å². The van der Waals surface area contributed by atoms with Crippen molar-refractivity contribution in [1.29, 1.82) is 0 Å². The molecule has 1 aliphatic heterocycles. The van der Waals surface area contributed by atoms with E-state index in [9.17, 15) is 14.9 Å². The Morgan fingerprint density at radius 1 is 1.30 bits per heavy atom. The first-order valence-electron chi connectivity index (χ1n) is 7.34. The van der Waals surface area contributed by atoms with Gasteiger partial charge in [0.2, 0.25) is 0 Å². The Hall–Kier alpha value is -2.19. The molecule has 8 nitrogen and oxygen atoms in total. The van der Waals surface area contributed by atoms with E-state index in [1.807, 2.05) is 0 Å². The first-order chi connectivity index (χ1) is 11.1. The van der Waals surface area contributed by atoms with Gasteiger partial charge in [-0.1, -0.05) is 0 Å². The number of benzene rings is 1. The number of hydrogen-bond acceptors (Lipinski definition) is 7. The Morgan fingerprint density at radius 3 is 2.70 bits per heavy atom. The molecule has 0 bridgehead atoms. The third-order valence-corrected chi connectivity index (χ3v) is 4.27. The van der Waals surface area contributed by atoms with Crippen molar-refractivity contribution in [2.45, 2.75) is 31.2 Å². The van der Waals surface area contributed by atoms with Gasteiger partial charge in [-0.25, -0.2) is 4.79 Å². The predicted molar refractivity (Wildman–Crippen MR) is 77.3 cm³/mol. The van der Waals surface area contributed by atoms with Gasteiger partial charge in [0.25, 0.3) is 5.69 Å². The van der Waals surface area contributed by atoms with Crippen LogP contribution in [0.2, 0.25) is 0 Å². The number of rotatable bonds is 4. The smallest absolute Gasteiger partial charge is 0.431 e. The van der Waals surface area contributed by atoms with Gasteiger partial charge in [-0.05, 0) is 18.6 Å². The van der Waals surface area contributed by atoms with Crippen LogP contribution in [-0.4, -0.2) is 43.1 Å². The number of nitro benzene ring substituents is 1. The van der Waals surface area contributed by atoms with Gasteiger partial charge in [0.15, 0.2) is 0 Å². The van der Waals surface area contributed by atoms with Gasteiger partial charge in [-0.2, -0.15) is 0 Å². The maximum absolute atomic E-state index is 11.8. The summed E-state index contributed by atoms with van der Waals surface area (Å²) in [6.07, 6.45) is 0.306. The van der Waals surface area contributed by atoms with Gasteiger partial charge >= 0.3 is 6.16 Å². The highest BCUT2D eigenvalue weighted by Gasteiger charge is 2.46. The first kappa shape index (κ1) is 15.7. The molecule has 1 heterocycles. The van der Waals surface area contributed by atoms with E-state index in [2.05, 4.69) is 0 Å². The highest BCUT2D eigenvalue weighted by Crippen LogP contribution is 2.38. The number of hydrogen-bond donors (Lipinski definition) is 0. The highest BCUT2D eigenvalue weighted by atomic mass is 16.7. The number of nitro groups is 1. The zero-order valence-corrected chi connectivity index (χ0v) is 12.5. The van der Waals surface area contributed by atoms with Crippen LogP contribution in [0.4, 0.5) is 10.5 Å². The SMILES string of the molecule is CO[C@@H]1CO[C@@H]2C[C@H](OC(=O)Oc3ccc([N+](=O)[O-])cc3)C[C@H]12. The number of methoxy groups -OCH3 is 1.